The van der Waals surface area contributed by atoms with Gasteiger partial charge in [0.2, 0.25) is 0 Å². The van der Waals surface area contributed by atoms with Crippen molar-refractivity contribution in [3.8, 4) is 0 Å². The fraction of sp³-hybridized carbons (Fsp3) is 0.209. The Bertz CT molecular complexity index is 4920. The first-order valence-electron chi connectivity index (χ1n) is 34.7. The van der Waals surface area contributed by atoms with Gasteiger partial charge in [0.25, 0.3) is 23.6 Å². The van der Waals surface area contributed by atoms with Crippen LogP contribution < -0.4 is 11.4 Å². The van der Waals surface area contributed by atoms with Gasteiger partial charge in [0.05, 0.1) is 36.4 Å². The molecule has 0 aliphatic carbocycles. The summed E-state index contributed by atoms with van der Waals surface area (Å²) in [4.78, 5) is 96.0. The first-order chi connectivity index (χ1) is 51.2. The Kier molecular flexibility index (Phi) is 29.5. The van der Waals surface area contributed by atoms with Crippen LogP contribution in [0.4, 0.5) is 0 Å². The molecule has 107 heavy (non-hydrogen) atoms. The van der Waals surface area contributed by atoms with Crippen LogP contribution in [0.3, 0.4) is 0 Å². The van der Waals surface area contributed by atoms with E-state index in [2.05, 4.69) is 35.2 Å². The van der Waals surface area contributed by atoms with Crippen molar-refractivity contribution in [3.63, 3.8) is 0 Å². The van der Waals surface area contributed by atoms with E-state index in [0.29, 0.717) is 30.8 Å². The van der Waals surface area contributed by atoms with Crippen LogP contribution in [0.1, 0.15) is 131 Å². The molecular formula is C86H90N10O11. The van der Waals surface area contributed by atoms with Gasteiger partial charge < -0.3 is 5.11 Å². The smallest absolute Gasteiger partial charge is 0.354 e. The molecule has 0 unspecified atom stereocenters. The van der Waals surface area contributed by atoms with Crippen LogP contribution in [-0.4, -0.2) is 122 Å². The summed E-state index contributed by atoms with van der Waals surface area (Å²) >= 11 is 0. The molecule has 13 aromatic rings. The van der Waals surface area contributed by atoms with E-state index in [1.165, 1.54) is 5.06 Å². The number of pyridine rings is 5. The van der Waals surface area contributed by atoms with Crippen LogP contribution in [0.2, 0.25) is 0 Å². The Morgan fingerprint density at radius 1 is 0.355 bits per heavy atom. The number of nitrogens with two attached hydrogens (primary N) is 1. The van der Waals surface area contributed by atoms with Gasteiger partial charge in [-0.05, 0) is 156 Å². The summed E-state index contributed by atoms with van der Waals surface area (Å²) in [5.74, 6) is 2.28. The van der Waals surface area contributed by atoms with Crippen molar-refractivity contribution in [1.29, 1.82) is 0 Å². The molecule has 0 aliphatic heterocycles. The second-order valence-electron chi connectivity index (χ2n) is 27.4. The second-order valence-corrected chi connectivity index (χ2v) is 27.4. The molecule has 0 bridgehead atoms. The zero-order valence-corrected chi connectivity index (χ0v) is 61.5. The number of fused-ring (bicyclic) bond motifs is 5. The Morgan fingerprint density at radius 3 is 0.916 bits per heavy atom. The number of rotatable bonds is 16. The highest BCUT2D eigenvalue weighted by Crippen LogP contribution is 2.22. The fourth-order valence-corrected chi connectivity index (χ4v) is 10.0. The molecule has 5 heterocycles. The largest absolute Gasteiger partial charge is 0.477 e. The van der Waals surface area contributed by atoms with Crippen molar-refractivity contribution in [3.05, 3.63) is 319 Å². The maximum atomic E-state index is 13.0. The number of hydrogen-bond donors (Lipinski definition) is 5. The van der Waals surface area contributed by atoms with Gasteiger partial charge in [0.15, 0.2) is 0 Å². The zero-order valence-electron chi connectivity index (χ0n) is 61.5. The minimum Gasteiger partial charge on any atom is -0.477 e. The molecule has 0 saturated heterocycles. The van der Waals surface area contributed by atoms with E-state index in [1.807, 2.05) is 281 Å². The van der Waals surface area contributed by atoms with Crippen molar-refractivity contribution in [2.45, 2.75) is 98.4 Å². The summed E-state index contributed by atoms with van der Waals surface area (Å²) in [6.07, 6.45) is 10.2. The van der Waals surface area contributed by atoms with Gasteiger partial charge >= 0.3 is 5.97 Å². The molecule has 8 aromatic carbocycles. The lowest BCUT2D eigenvalue weighted by atomic mass is 10.1. The monoisotopic (exact) mass is 1440 g/mol. The van der Waals surface area contributed by atoms with Crippen molar-refractivity contribution in [1.82, 2.24) is 45.6 Å². The number of carbonyl (C=O) groups is 5. The molecule has 0 fully saturated rings. The molecule has 550 valence electrons. The molecule has 0 saturated carbocycles. The predicted molar refractivity (Wildman–Crippen MR) is 417 cm³/mol. The highest BCUT2D eigenvalue weighted by atomic mass is 16.7. The van der Waals surface area contributed by atoms with Crippen LogP contribution >= 0.6 is 0 Å². The summed E-state index contributed by atoms with van der Waals surface area (Å²) < 4.78 is 0. The summed E-state index contributed by atoms with van der Waals surface area (Å²) in [6.45, 7) is 18.0. The second kappa shape index (κ2) is 39.2. The minimum atomic E-state index is -0.995. The van der Waals surface area contributed by atoms with E-state index >= 15 is 0 Å². The van der Waals surface area contributed by atoms with Gasteiger partial charge in [-0.3, -0.25) is 64.0 Å². The molecule has 0 atom stereocenters. The Labute approximate surface area is 622 Å². The molecule has 0 aliphatic rings. The number of hydroxylamine groups is 7. The SMILES string of the molecule is CC(C)(C)ON.CC(C)(C)ON(CCc1ccccc1)C(=O)c1cc2ccccc2cn1.CC(C)(C)ONC(=O)c1cc2ccccc2cn1.O=C(O)c1cc2ccccc2cn1.O=C(c1cc2ccccc2cn1)N(O)CCc1ccccc1.O=C(c1cc2ccccc2cn1)N(O)CCc1ccccc1. The lowest BCUT2D eigenvalue weighted by Crippen LogP contribution is -2.40. The molecule has 6 N–H and O–H groups in total. The van der Waals surface area contributed by atoms with Gasteiger partial charge in [-0.2, -0.15) is 0 Å². The highest BCUT2D eigenvalue weighted by molar-refractivity contribution is 5.99. The van der Waals surface area contributed by atoms with E-state index in [9.17, 15) is 34.4 Å². The quantitative estimate of drug-likeness (QED) is 0.0444. The molecule has 4 amide bonds. The number of nitrogens with one attached hydrogen (secondary N) is 1. The van der Waals surface area contributed by atoms with Crippen LogP contribution in [0.25, 0.3) is 53.9 Å². The van der Waals surface area contributed by atoms with Crippen LogP contribution in [0, 0.1) is 0 Å². The van der Waals surface area contributed by atoms with Gasteiger partial charge in [0, 0.05) is 57.9 Å². The summed E-state index contributed by atoms with van der Waals surface area (Å²) in [7, 11) is 0. The molecule has 13 rings (SSSR count). The molecule has 21 nitrogen and oxygen atoms in total. The van der Waals surface area contributed by atoms with Gasteiger partial charge in [-0.25, -0.2) is 36.3 Å². The standard InChI is InChI=1S/C22H24N2O2.2C18H16N2O2.C14H16N2O2.C10H7NO2.C4H11NO/c1-22(2,3)26-24(14-13-17-9-5-4-6-10-17)21(25)20-15-18-11-7-8-12-19(18)16-23-20;2*21-18(20(22)11-10-14-6-2-1-3-7-14)17-12-15-8-4-5-9-16(15)13-19-17;1-14(2,3)18-16-13(17)12-8-10-6-4-5-7-11(10)9-15-12;12-10(13)9-5-7-3-1-2-4-8(7)6-11-9;1-4(2,3)6-5/h4-12,15-16H,13-14H2,1-3H3;2*1-9,12-13,22H,10-11H2;4-9H,1-3H3,(H,16,17);1-6H,(H,12,13);5H2,1-3H3. The van der Waals surface area contributed by atoms with Gasteiger partial charge in [-0.1, -0.05) is 212 Å². The summed E-state index contributed by atoms with van der Waals surface area (Å²) in [5.41, 5.74) is 5.94. The number of nitrogens with zero attached hydrogens (tertiary/aromatic N) is 8. The number of aromatic nitrogens is 5. The molecular weight excluding hydrogens is 1350 g/mol. The first kappa shape index (κ1) is 80.6. The average molecular weight is 1440 g/mol. The number of carboxylic acids is 1. The third-order valence-electron chi connectivity index (χ3n) is 15.5. The third kappa shape index (κ3) is 26.5. The highest BCUT2D eigenvalue weighted by Gasteiger charge is 2.25. The number of hydrogen-bond acceptors (Lipinski definition) is 16. The van der Waals surface area contributed by atoms with E-state index in [4.69, 9.17) is 20.7 Å². The maximum Gasteiger partial charge on any atom is 0.354 e. The number of carboxylic acid groups (broad SMARTS) is 1. The van der Waals surface area contributed by atoms with Crippen molar-refractivity contribution >= 4 is 83.5 Å². The Morgan fingerprint density at radius 2 is 0.617 bits per heavy atom. The lowest BCUT2D eigenvalue weighted by Gasteiger charge is -2.29. The molecule has 0 spiro atoms. The topological polar surface area (TPSA) is 286 Å². The maximum absolute atomic E-state index is 13.0. The Hall–Kier alpha value is -12.1. The van der Waals surface area contributed by atoms with Crippen LogP contribution in [-0.2, 0) is 33.8 Å². The van der Waals surface area contributed by atoms with E-state index in [-0.39, 0.29) is 47.6 Å². The molecule has 5 aromatic heterocycles. The van der Waals surface area contributed by atoms with Crippen LogP contribution in [0.5, 0.6) is 0 Å². The number of aromatic carboxylic acids is 1. The fourth-order valence-electron chi connectivity index (χ4n) is 10.0. The van der Waals surface area contributed by atoms with Gasteiger partial charge in [0.1, 0.15) is 28.5 Å². The normalized spacial score (nSPS) is 11.0. The number of amides is 4. The van der Waals surface area contributed by atoms with Crippen molar-refractivity contribution in [2.75, 3.05) is 19.6 Å². The molecule has 21 heteroatoms. The first-order valence-corrected chi connectivity index (χ1v) is 34.7. The third-order valence-corrected chi connectivity index (χ3v) is 15.5. The van der Waals surface area contributed by atoms with E-state index in [0.717, 1.165) is 87.1 Å². The zero-order chi connectivity index (χ0) is 76.9. The Balaban J connectivity index is 0.000000167. The van der Waals surface area contributed by atoms with Crippen molar-refractivity contribution < 1.29 is 54.0 Å². The molecule has 0 radical (unpaired) electrons. The van der Waals surface area contributed by atoms with Gasteiger partial charge in [-0.15, -0.1) is 0 Å². The van der Waals surface area contributed by atoms with Crippen LogP contribution in [0.15, 0.2) is 274 Å². The number of benzene rings is 8. The van der Waals surface area contributed by atoms with Crippen molar-refractivity contribution in [2.24, 2.45) is 5.90 Å². The average Bonchev–Trinajstić information content (AvgIpc) is 0.825. The minimum absolute atomic E-state index is 0.0821. The summed E-state index contributed by atoms with van der Waals surface area (Å²) in [5, 5.41) is 41.1. The van der Waals surface area contributed by atoms with E-state index in [1.54, 1.807) is 55.2 Å². The predicted octanol–water partition coefficient (Wildman–Crippen LogP) is 16.6. The van der Waals surface area contributed by atoms with E-state index < -0.39 is 29.0 Å². The lowest BCUT2D eigenvalue weighted by molar-refractivity contribution is -0.195. The summed E-state index contributed by atoms with van der Waals surface area (Å²) in [6, 6.07) is 76.6. The number of carbonyl (C=O) groups excluding carboxylic acids is 4.